The molecule has 0 spiro atoms. The average molecular weight is 473 g/mol. The average Bonchev–Trinajstić information content (AvgIpc) is 3.54. The standard InChI is InChI=1S/C25H24N6O2S/c32-24(19-7-4-8-20-22(19)28-23(27-20)17-5-2-1-3-6-17)31-13-18(14-31)29-9-11-30(12-10-29)25(33)21-15-34-16-26-21/h1-8,15-16,18H,9-14H2,(H,27,28). The summed E-state index contributed by atoms with van der Waals surface area (Å²) in [5.41, 5.74) is 5.42. The second kappa shape index (κ2) is 8.66. The number of rotatable bonds is 4. The van der Waals surface area contributed by atoms with Crippen molar-refractivity contribution in [2.75, 3.05) is 39.3 Å². The van der Waals surface area contributed by atoms with Gasteiger partial charge >= 0.3 is 0 Å². The maximum atomic E-state index is 13.3. The van der Waals surface area contributed by atoms with Crippen LogP contribution in [0, 0.1) is 0 Å². The number of imidazole rings is 1. The van der Waals surface area contributed by atoms with Crippen LogP contribution in [0.2, 0.25) is 0 Å². The Bertz CT molecular complexity index is 1320. The highest BCUT2D eigenvalue weighted by molar-refractivity contribution is 7.07. The summed E-state index contributed by atoms with van der Waals surface area (Å²) in [6.07, 6.45) is 0. The van der Waals surface area contributed by atoms with Gasteiger partial charge in [-0.15, -0.1) is 11.3 Å². The van der Waals surface area contributed by atoms with Gasteiger partial charge in [0.15, 0.2) is 0 Å². The van der Waals surface area contributed by atoms with E-state index < -0.39 is 0 Å². The molecule has 34 heavy (non-hydrogen) atoms. The summed E-state index contributed by atoms with van der Waals surface area (Å²) in [6, 6.07) is 16.0. The first-order chi connectivity index (χ1) is 16.7. The SMILES string of the molecule is O=C(c1cscn1)N1CCN(C2CN(C(=O)c3cccc4[nH]c(-c5ccccc5)nc34)C2)CC1. The third kappa shape index (κ3) is 3.76. The molecule has 0 atom stereocenters. The van der Waals surface area contributed by atoms with Crippen molar-refractivity contribution in [2.24, 2.45) is 0 Å². The Morgan fingerprint density at radius 1 is 0.912 bits per heavy atom. The number of nitrogens with one attached hydrogen (secondary N) is 1. The van der Waals surface area contributed by atoms with E-state index in [-0.39, 0.29) is 11.8 Å². The molecule has 1 N–H and O–H groups in total. The Balaban J connectivity index is 1.09. The van der Waals surface area contributed by atoms with Gasteiger partial charge in [0.2, 0.25) is 0 Å². The molecule has 0 saturated carbocycles. The fourth-order valence-corrected chi connectivity index (χ4v) is 5.26. The zero-order valence-electron chi connectivity index (χ0n) is 18.6. The topological polar surface area (TPSA) is 85.4 Å². The Morgan fingerprint density at radius 2 is 1.71 bits per heavy atom. The van der Waals surface area contributed by atoms with Crippen LogP contribution in [0.15, 0.2) is 59.4 Å². The van der Waals surface area contributed by atoms with Crippen LogP contribution in [0.4, 0.5) is 0 Å². The summed E-state index contributed by atoms with van der Waals surface area (Å²) in [6.45, 7) is 4.41. The molecule has 4 aromatic rings. The van der Waals surface area contributed by atoms with Gasteiger partial charge in [0.25, 0.3) is 11.8 Å². The van der Waals surface area contributed by atoms with Crippen LogP contribution in [0.25, 0.3) is 22.4 Å². The van der Waals surface area contributed by atoms with Gasteiger partial charge in [0, 0.05) is 56.3 Å². The van der Waals surface area contributed by atoms with Crippen LogP contribution >= 0.6 is 11.3 Å². The monoisotopic (exact) mass is 472 g/mol. The van der Waals surface area contributed by atoms with E-state index >= 15 is 0 Å². The lowest BCUT2D eigenvalue weighted by atomic mass is 10.0. The second-order valence-electron chi connectivity index (χ2n) is 8.72. The van der Waals surface area contributed by atoms with E-state index in [0.717, 1.165) is 30.0 Å². The van der Waals surface area contributed by atoms with Crippen LogP contribution in [0.5, 0.6) is 0 Å². The van der Waals surface area contributed by atoms with Crippen molar-refractivity contribution in [2.45, 2.75) is 6.04 Å². The van der Waals surface area contributed by atoms with Crippen molar-refractivity contribution in [1.29, 1.82) is 0 Å². The Kier molecular flexibility index (Phi) is 5.35. The number of benzene rings is 2. The van der Waals surface area contributed by atoms with Gasteiger partial charge in [-0.05, 0) is 12.1 Å². The highest BCUT2D eigenvalue weighted by Crippen LogP contribution is 2.26. The first-order valence-electron chi connectivity index (χ1n) is 11.4. The fourth-order valence-electron chi connectivity index (χ4n) is 4.73. The summed E-state index contributed by atoms with van der Waals surface area (Å²) in [5.74, 6) is 0.793. The van der Waals surface area contributed by atoms with Crippen molar-refractivity contribution >= 4 is 34.2 Å². The fraction of sp³-hybridized carbons (Fsp3) is 0.280. The van der Waals surface area contributed by atoms with Gasteiger partial charge in [0.1, 0.15) is 17.0 Å². The molecule has 0 bridgehead atoms. The number of aromatic amines is 1. The van der Waals surface area contributed by atoms with Crippen LogP contribution in [-0.2, 0) is 0 Å². The zero-order valence-corrected chi connectivity index (χ0v) is 19.4. The maximum absolute atomic E-state index is 13.3. The van der Waals surface area contributed by atoms with E-state index in [4.69, 9.17) is 4.98 Å². The van der Waals surface area contributed by atoms with E-state index in [0.29, 0.717) is 49.0 Å². The minimum atomic E-state index is 0.00767. The first-order valence-corrected chi connectivity index (χ1v) is 12.4. The van der Waals surface area contributed by atoms with E-state index in [1.807, 2.05) is 58.3 Å². The van der Waals surface area contributed by atoms with Crippen LogP contribution in [0.3, 0.4) is 0 Å². The molecule has 6 rings (SSSR count). The van der Waals surface area contributed by atoms with Gasteiger partial charge < -0.3 is 14.8 Å². The molecule has 2 aliphatic rings. The molecule has 0 radical (unpaired) electrons. The Labute approximate surface area is 200 Å². The minimum absolute atomic E-state index is 0.00767. The highest BCUT2D eigenvalue weighted by Gasteiger charge is 2.37. The van der Waals surface area contributed by atoms with E-state index in [9.17, 15) is 9.59 Å². The highest BCUT2D eigenvalue weighted by atomic mass is 32.1. The number of nitrogens with zero attached hydrogens (tertiary/aromatic N) is 5. The molecule has 4 heterocycles. The summed E-state index contributed by atoms with van der Waals surface area (Å²) in [7, 11) is 0. The van der Waals surface area contributed by atoms with Gasteiger partial charge in [-0.25, -0.2) is 9.97 Å². The molecule has 0 unspecified atom stereocenters. The molecular formula is C25H24N6O2S. The molecule has 8 nitrogen and oxygen atoms in total. The number of para-hydroxylation sites is 1. The number of likely N-dealkylation sites (tertiary alicyclic amines) is 1. The lowest BCUT2D eigenvalue weighted by Gasteiger charge is -2.48. The summed E-state index contributed by atoms with van der Waals surface area (Å²) < 4.78 is 0. The number of hydrogen-bond acceptors (Lipinski definition) is 6. The van der Waals surface area contributed by atoms with Crippen molar-refractivity contribution in [1.82, 2.24) is 29.7 Å². The number of H-pyrrole nitrogens is 1. The number of fused-ring (bicyclic) bond motifs is 1. The molecular weight excluding hydrogens is 448 g/mol. The van der Waals surface area contributed by atoms with Crippen molar-refractivity contribution in [3.8, 4) is 11.4 Å². The lowest BCUT2D eigenvalue weighted by molar-refractivity contribution is 0.00853. The minimum Gasteiger partial charge on any atom is -0.338 e. The van der Waals surface area contributed by atoms with Crippen LogP contribution < -0.4 is 0 Å². The molecule has 2 aromatic heterocycles. The molecule has 2 aromatic carbocycles. The van der Waals surface area contributed by atoms with E-state index in [2.05, 4.69) is 14.9 Å². The number of thiazole rings is 1. The Morgan fingerprint density at radius 3 is 2.44 bits per heavy atom. The second-order valence-corrected chi connectivity index (χ2v) is 9.44. The third-order valence-corrected chi connectivity index (χ3v) is 7.30. The predicted molar refractivity (Wildman–Crippen MR) is 131 cm³/mol. The predicted octanol–water partition coefficient (Wildman–Crippen LogP) is 2.97. The Hall–Kier alpha value is -3.56. The molecule has 2 saturated heterocycles. The van der Waals surface area contributed by atoms with Gasteiger partial charge in [0.05, 0.1) is 16.6 Å². The smallest absolute Gasteiger partial charge is 0.273 e. The van der Waals surface area contributed by atoms with Crippen LogP contribution in [-0.4, -0.2) is 86.8 Å². The quantitative estimate of drug-likeness (QED) is 0.494. The van der Waals surface area contributed by atoms with Gasteiger partial charge in [-0.3, -0.25) is 14.5 Å². The number of aromatic nitrogens is 3. The molecule has 9 heteroatoms. The largest absolute Gasteiger partial charge is 0.338 e. The van der Waals surface area contributed by atoms with Crippen molar-refractivity contribution in [3.63, 3.8) is 0 Å². The van der Waals surface area contributed by atoms with Gasteiger partial charge in [-0.2, -0.15) is 0 Å². The maximum Gasteiger partial charge on any atom is 0.273 e. The number of hydrogen-bond donors (Lipinski definition) is 1. The normalized spacial score (nSPS) is 17.2. The number of carbonyl (C=O) groups excluding carboxylic acids is 2. The van der Waals surface area contributed by atoms with E-state index in [1.165, 1.54) is 11.3 Å². The summed E-state index contributed by atoms with van der Waals surface area (Å²) in [4.78, 5) is 44.2. The number of amides is 2. The first kappa shape index (κ1) is 21.0. The lowest BCUT2D eigenvalue weighted by Crippen LogP contribution is -2.64. The van der Waals surface area contributed by atoms with Crippen LogP contribution in [0.1, 0.15) is 20.8 Å². The summed E-state index contributed by atoms with van der Waals surface area (Å²) >= 11 is 1.44. The van der Waals surface area contributed by atoms with Crippen molar-refractivity contribution in [3.05, 3.63) is 70.7 Å². The summed E-state index contributed by atoms with van der Waals surface area (Å²) in [5, 5.41) is 1.80. The molecule has 0 aliphatic carbocycles. The number of carbonyl (C=O) groups is 2. The van der Waals surface area contributed by atoms with E-state index in [1.54, 1.807) is 10.9 Å². The number of piperazine rings is 1. The van der Waals surface area contributed by atoms with Crippen molar-refractivity contribution < 1.29 is 9.59 Å². The molecule has 2 amide bonds. The molecule has 172 valence electrons. The zero-order chi connectivity index (χ0) is 23.1. The molecule has 2 aliphatic heterocycles. The third-order valence-electron chi connectivity index (χ3n) is 6.71. The molecule has 2 fully saturated rings. The van der Waals surface area contributed by atoms with Gasteiger partial charge in [-0.1, -0.05) is 36.4 Å².